The molecule has 2 aliphatic rings. The highest BCUT2D eigenvalue weighted by molar-refractivity contribution is 5.80. The molecule has 4 heteroatoms. The van der Waals surface area contributed by atoms with Gasteiger partial charge in [-0.05, 0) is 26.3 Å². The lowest BCUT2D eigenvalue weighted by Gasteiger charge is -2.39. The van der Waals surface area contributed by atoms with Gasteiger partial charge in [0.15, 0.2) is 0 Å². The molecule has 0 aromatic heterocycles. The van der Waals surface area contributed by atoms with Crippen molar-refractivity contribution in [2.24, 2.45) is 11.8 Å². The first-order chi connectivity index (χ1) is 7.49. The number of morpholine rings is 1. The molecule has 0 bridgehead atoms. The topological polar surface area (TPSA) is 41.6 Å². The van der Waals surface area contributed by atoms with Gasteiger partial charge >= 0.3 is 0 Å². The highest BCUT2D eigenvalue weighted by atomic mass is 16.5. The summed E-state index contributed by atoms with van der Waals surface area (Å²) in [6.45, 7) is 10.1. The predicted molar refractivity (Wildman–Crippen MR) is 62.1 cm³/mol. The van der Waals surface area contributed by atoms with E-state index < -0.39 is 0 Å². The fraction of sp³-hybridized carbons (Fsp3) is 0.917. The molecule has 92 valence electrons. The fourth-order valence-corrected chi connectivity index (χ4v) is 2.58. The standard InChI is InChI=1S/C12H22N2O2/c1-9-6-13-7-10(9)11(15)14-4-5-16-12(2,3)8-14/h9-10,13H,4-8H2,1-3H3/t9-,10-/m1/s1. The maximum Gasteiger partial charge on any atom is 0.227 e. The number of hydrogen-bond acceptors (Lipinski definition) is 3. The molecular formula is C12H22N2O2. The van der Waals surface area contributed by atoms with Crippen LogP contribution in [-0.2, 0) is 9.53 Å². The van der Waals surface area contributed by atoms with Crippen LogP contribution in [0.3, 0.4) is 0 Å². The zero-order valence-electron chi connectivity index (χ0n) is 10.5. The van der Waals surface area contributed by atoms with E-state index in [0.717, 1.165) is 26.2 Å². The SMILES string of the molecule is C[C@@H]1CNC[C@H]1C(=O)N1CCOC(C)(C)C1. The summed E-state index contributed by atoms with van der Waals surface area (Å²) in [6, 6.07) is 0. The zero-order chi connectivity index (χ0) is 11.8. The molecule has 1 amide bonds. The van der Waals surface area contributed by atoms with Crippen molar-refractivity contribution < 1.29 is 9.53 Å². The van der Waals surface area contributed by atoms with Gasteiger partial charge in [0.1, 0.15) is 0 Å². The van der Waals surface area contributed by atoms with Crippen LogP contribution in [-0.4, -0.2) is 49.2 Å². The van der Waals surface area contributed by atoms with Gasteiger partial charge in [-0.3, -0.25) is 4.79 Å². The minimum Gasteiger partial charge on any atom is -0.372 e. The van der Waals surface area contributed by atoms with Gasteiger partial charge in [0.25, 0.3) is 0 Å². The summed E-state index contributed by atoms with van der Waals surface area (Å²) in [5, 5.41) is 3.28. The van der Waals surface area contributed by atoms with Gasteiger partial charge in [0.2, 0.25) is 5.91 Å². The first-order valence-electron chi connectivity index (χ1n) is 6.13. The van der Waals surface area contributed by atoms with Crippen LogP contribution in [0.4, 0.5) is 0 Å². The Kier molecular flexibility index (Phi) is 3.22. The Labute approximate surface area is 97.3 Å². The first-order valence-corrected chi connectivity index (χ1v) is 6.13. The van der Waals surface area contributed by atoms with E-state index in [2.05, 4.69) is 12.2 Å². The molecule has 0 spiro atoms. The monoisotopic (exact) mass is 226 g/mol. The van der Waals surface area contributed by atoms with Gasteiger partial charge in [0, 0.05) is 19.6 Å². The number of nitrogens with zero attached hydrogens (tertiary/aromatic N) is 1. The third-order valence-corrected chi connectivity index (χ3v) is 3.57. The molecule has 0 aromatic carbocycles. The number of nitrogens with one attached hydrogen (secondary N) is 1. The highest BCUT2D eigenvalue weighted by Crippen LogP contribution is 2.23. The largest absolute Gasteiger partial charge is 0.372 e. The molecule has 0 unspecified atom stereocenters. The number of carbonyl (C=O) groups is 1. The third kappa shape index (κ3) is 2.38. The van der Waals surface area contributed by atoms with E-state index in [1.54, 1.807) is 0 Å². The van der Waals surface area contributed by atoms with Gasteiger partial charge in [-0.25, -0.2) is 0 Å². The van der Waals surface area contributed by atoms with E-state index in [1.807, 2.05) is 18.7 Å². The van der Waals surface area contributed by atoms with Gasteiger partial charge < -0.3 is 15.0 Å². The Balaban J connectivity index is 1.99. The van der Waals surface area contributed by atoms with Crippen molar-refractivity contribution in [1.82, 2.24) is 10.2 Å². The third-order valence-electron chi connectivity index (χ3n) is 3.57. The summed E-state index contributed by atoms with van der Waals surface area (Å²) in [5.74, 6) is 0.918. The minimum atomic E-state index is -0.191. The maximum atomic E-state index is 12.3. The van der Waals surface area contributed by atoms with Crippen molar-refractivity contribution in [3.8, 4) is 0 Å². The maximum absolute atomic E-state index is 12.3. The summed E-state index contributed by atoms with van der Waals surface area (Å²) >= 11 is 0. The van der Waals surface area contributed by atoms with Crippen LogP contribution >= 0.6 is 0 Å². The zero-order valence-corrected chi connectivity index (χ0v) is 10.5. The van der Waals surface area contributed by atoms with Crippen LogP contribution < -0.4 is 5.32 Å². The van der Waals surface area contributed by atoms with E-state index in [9.17, 15) is 4.79 Å². The lowest BCUT2D eigenvalue weighted by atomic mass is 9.95. The Morgan fingerprint density at radius 2 is 2.19 bits per heavy atom. The van der Waals surface area contributed by atoms with Crippen molar-refractivity contribution in [3.05, 3.63) is 0 Å². The summed E-state index contributed by atoms with van der Waals surface area (Å²) in [4.78, 5) is 14.3. The normalized spacial score (nSPS) is 34.1. The first kappa shape index (κ1) is 11.9. The van der Waals surface area contributed by atoms with E-state index in [4.69, 9.17) is 4.74 Å². The summed E-state index contributed by atoms with van der Waals surface area (Å²) in [5.41, 5.74) is -0.191. The van der Waals surface area contributed by atoms with Crippen molar-refractivity contribution in [1.29, 1.82) is 0 Å². The van der Waals surface area contributed by atoms with E-state index in [-0.39, 0.29) is 11.5 Å². The van der Waals surface area contributed by atoms with Gasteiger partial charge in [0.05, 0.1) is 18.1 Å². The molecule has 2 atom stereocenters. The molecule has 4 nitrogen and oxygen atoms in total. The smallest absolute Gasteiger partial charge is 0.227 e. The van der Waals surface area contributed by atoms with Gasteiger partial charge in [-0.1, -0.05) is 6.92 Å². The second kappa shape index (κ2) is 4.34. The van der Waals surface area contributed by atoms with Crippen molar-refractivity contribution >= 4 is 5.91 Å². The van der Waals surface area contributed by atoms with Crippen LogP contribution in [0.1, 0.15) is 20.8 Å². The number of rotatable bonds is 1. The Bertz CT molecular complexity index is 278. The second-order valence-corrected chi connectivity index (χ2v) is 5.61. The molecule has 0 aromatic rings. The Hall–Kier alpha value is -0.610. The van der Waals surface area contributed by atoms with Crippen molar-refractivity contribution in [2.45, 2.75) is 26.4 Å². The summed E-state index contributed by atoms with van der Waals surface area (Å²) in [6.07, 6.45) is 0. The molecule has 2 rings (SSSR count). The van der Waals surface area contributed by atoms with E-state index >= 15 is 0 Å². The van der Waals surface area contributed by atoms with Crippen molar-refractivity contribution in [3.63, 3.8) is 0 Å². The molecular weight excluding hydrogens is 204 g/mol. The molecule has 2 fully saturated rings. The fourth-order valence-electron chi connectivity index (χ4n) is 2.58. The van der Waals surface area contributed by atoms with Crippen LogP contribution in [0.25, 0.3) is 0 Å². The van der Waals surface area contributed by atoms with Gasteiger partial charge in [-0.15, -0.1) is 0 Å². The molecule has 1 N–H and O–H groups in total. The van der Waals surface area contributed by atoms with Crippen LogP contribution in [0.2, 0.25) is 0 Å². The molecule has 16 heavy (non-hydrogen) atoms. The molecule has 2 saturated heterocycles. The Morgan fingerprint density at radius 3 is 2.75 bits per heavy atom. The molecule has 2 aliphatic heterocycles. The molecule has 0 radical (unpaired) electrons. The second-order valence-electron chi connectivity index (χ2n) is 5.61. The van der Waals surface area contributed by atoms with Crippen LogP contribution in [0, 0.1) is 11.8 Å². The van der Waals surface area contributed by atoms with Gasteiger partial charge in [-0.2, -0.15) is 0 Å². The molecule has 0 aliphatic carbocycles. The van der Waals surface area contributed by atoms with Crippen LogP contribution in [0.15, 0.2) is 0 Å². The van der Waals surface area contributed by atoms with E-state index in [0.29, 0.717) is 18.4 Å². The number of hydrogen-bond donors (Lipinski definition) is 1. The number of amides is 1. The predicted octanol–water partition coefficient (Wildman–Crippen LogP) is 0.479. The highest BCUT2D eigenvalue weighted by Gasteiger charge is 2.36. The summed E-state index contributed by atoms with van der Waals surface area (Å²) < 4.78 is 5.63. The average molecular weight is 226 g/mol. The number of ether oxygens (including phenoxy) is 1. The number of carbonyl (C=O) groups excluding carboxylic acids is 1. The van der Waals surface area contributed by atoms with E-state index in [1.165, 1.54) is 0 Å². The lowest BCUT2D eigenvalue weighted by molar-refractivity contribution is -0.150. The molecule has 0 saturated carbocycles. The minimum absolute atomic E-state index is 0.161. The van der Waals surface area contributed by atoms with Crippen molar-refractivity contribution in [2.75, 3.05) is 32.8 Å². The Morgan fingerprint density at radius 1 is 1.44 bits per heavy atom. The quantitative estimate of drug-likeness (QED) is 0.707. The average Bonchev–Trinajstić information content (AvgIpc) is 2.62. The van der Waals surface area contributed by atoms with Crippen LogP contribution in [0.5, 0.6) is 0 Å². The molecule has 2 heterocycles. The lowest BCUT2D eigenvalue weighted by Crippen LogP contribution is -2.52. The summed E-state index contributed by atoms with van der Waals surface area (Å²) in [7, 11) is 0.